The topological polar surface area (TPSA) is 50.3 Å². The van der Waals surface area contributed by atoms with Crippen LogP contribution in [-0.2, 0) is 11.2 Å². The summed E-state index contributed by atoms with van der Waals surface area (Å²) in [7, 11) is 0. The second-order valence-electron chi connectivity index (χ2n) is 5.29. The van der Waals surface area contributed by atoms with Gasteiger partial charge in [-0.25, -0.2) is 14.4 Å². The van der Waals surface area contributed by atoms with Gasteiger partial charge in [0.25, 0.3) is 0 Å². The second kappa shape index (κ2) is 7.70. The molecule has 2 aromatic rings. The third-order valence-corrected chi connectivity index (χ3v) is 4.30. The number of hydrogen-bond acceptors (Lipinski definition) is 5. The summed E-state index contributed by atoms with van der Waals surface area (Å²) < 4.78 is 19.1. The highest BCUT2D eigenvalue weighted by atomic mass is 79.9. The van der Waals surface area contributed by atoms with E-state index in [1.807, 2.05) is 6.07 Å². The quantitative estimate of drug-likeness (QED) is 0.863. The summed E-state index contributed by atoms with van der Waals surface area (Å²) in [6, 6.07) is 7.02. The Hall–Kier alpha value is -1.73. The average molecular weight is 381 g/mol. The predicted molar refractivity (Wildman–Crippen MR) is 91.4 cm³/mol. The van der Waals surface area contributed by atoms with Crippen molar-refractivity contribution in [3.8, 4) is 0 Å². The lowest BCUT2D eigenvalue weighted by Crippen LogP contribution is -2.36. The van der Waals surface area contributed by atoms with Crippen LogP contribution in [0.2, 0.25) is 0 Å². The molecule has 0 bridgehead atoms. The smallest absolute Gasteiger partial charge is 0.137 e. The number of benzene rings is 1. The lowest BCUT2D eigenvalue weighted by atomic mass is 10.1. The van der Waals surface area contributed by atoms with Gasteiger partial charge in [0.05, 0.1) is 17.7 Å². The molecule has 0 aliphatic carbocycles. The zero-order chi connectivity index (χ0) is 16.1. The van der Waals surface area contributed by atoms with E-state index in [0.717, 1.165) is 56.5 Å². The lowest BCUT2D eigenvalue weighted by molar-refractivity contribution is 0.122. The van der Waals surface area contributed by atoms with Crippen molar-refractivity contribution in [1.29, 1.82) is 0 Å². The highest BCUT2D eigenvalue weighted by Gasteiger charge is 2.12. The number of ether oxygens (including phenoxy) is 1. The van der Waals surface area contributed by atoms with Crippen molar-refractivity contribution in [2.75, 3.05) is 43.1 Å². The molecule has 7 heteroatoms. The van der Waals surface area contributed by atoms with E-state index in [1.54, 1.807) is 18.5 Å². The van der Waals surface area contributed by atoms with Gasteiger partial charge in [0.15, 0.2) is 0 Å². The Balaban J connectivity index is 1.56. The van der Waals surface area contributed by atoms with Gasteiger partial charge in [0.1, 0.15) is 23.8 Å². The number of halogens is 2. The number of morpholine rings is 1. The van der Waals surface area contributed by atoms with Gasteiger partial charge in [0.2, 0.25) is 0 Å². The molecule has 5 nitrogen and oxygen atoms in total. The van der Waals surface area contributed by atoms with Crippen molar-refractivity contribution in [3.63, 3.8) is 0 Å². The van der Waals surface area contributed by atoms with Crippen LogP contribution in [0.3, 0.4) is 0 Å². The van der Waals surface area contributed by atoms with E-state index in [-0.39, 0.29) is 5.82 Å². The molecule has 2 heterocycles. The van der Waals surface area contributed by atoms with E-state index in [4.69, 9.17) is 4.74 Å². The molecule has 1 aromatic heterocycles. The maximum absolute atomic E-state index is 13.2. The van der Waals surface area contributed by atoms with Crippen molar-refractivity contribution in [1.82, 2.24) is 9.97 Å². The molecule has 0 radical (unpaired) electrons. The molecule has 1 aliphatic heterocycles. The van der Waals surface area contributed by atoms with Crippen LogP contribution in [0.25, 0.3) is 0 Å². The highest BCUT2D eigenvalue weighted by molar-refractivity contribution is 9.10. The van der Waals surface area contributed by atoms with E-state index in [0.29, 0.717) is 4.47 Å². The molecule has 1 aliphatic rings. The van der Waals surface area contributed by atoms with Crippen molar-refractivity contribution in [2.24, 2.45) is 0 Å². The second-order valence-corrected chi connectivity index (χ2v) is 6.14. The third-order valence-electron chi connectivity index (χ3n) is 3.69. The number of rotatable bonds is 5. The minimum Gasteiger partial charge on any atom is -0.378 e. The van der Waals surface area contributed by atoms with Gasteiger partial charge in [-0.3, -0.25) is 0 Å². The number of hydrogen-bond donors (Lipinski definition) is 1. The van der Waals surface area contributed by atoms with Crippen molar-refractivity contribution in [3.05, 3.63) is 46.4 Å². The largest absolute Gasteiger partial charge is 0.378 e. The van der Waals surface area contributed by atoms with E-state index in [1.165, 1.54) is 6.07 Å². The van der Waals surface area contributed by atoms with Crippen LogP contribution in [0.5, 0.6) is 0 Å². The summed E-state index contributed by atoms with van der Waals surface area (Å²) in [6.45, 7) is 3.87. The zero-order valence-electron chi connectivity index (χ0n) is 12.6. The molecule has 1 fully saturated rings. The van der Waals surface area contributed by atoms with Gasteiger partial charge < -0.3 is 15.0 Å². The van der Waals surface area contributed by atoms with Gasteiger partial charge in [-0.15, -0.1) is 0 Å². The number of nitrogens with one attached hydrogen (secondary N) is 1. The Morgan fingerprint density at radius 1 is 1.22 bits per heavy atom. The fraction of sp³-hybridized carbons (Fsp3) is 0.375. The Morgan fingerprint density at radius 2 is 2.04 bits per heavy atom. The monoisotopic (exact) mass is 380 g/mol. The van der Waals surface area contributed by atoms with Crippen LogP contribution in [0.15, 0.2) is 35.1 Å². The summed E-state index contributed by atoms with van der Waals surface area (Å²) in [4.78, 5) is 10.8. The van der Waals surface area contributed by atoms with Crippen molar-refractivity contribution >= 4 is 27.6 Å². The van der Waals surface area contributed by atoms with E-state index in [2.05, 4.69) is 36.1 Å². The molecule has 23 heavy (non-hydrogen) atoms. The Kier molecular flexibility index (Phi) is 5.40. The van der Waals surface area contributed by atoms with Gasteiger partial charge in [0, 0.05) is 25.7 Å². The molecule has 1 N–H and O–H groups in total. The SMILES string of the molecule is Fc1ccc(CCNc2cc(N3CCOCC3)ncn2)cc1Br. The predicted octanol–water partition coefficient (Wildman–Crippen LogP) is 2.87. The van der Waals surface area contributed by atoms with Crippen molar-refractivity contribution < 1.29 is 9.13 Å². The Morgan fingerprint density at radius 3 is 2.83 bits per heavy atom. The molecule has 122 valence electrons. The molecule has 0 spiro atoms. The summed E-state index contributed by atoms with van der Waals surface area (Å²) >= 11 is 3.20. The van der Waals surface area contributed by atoms with E-state index in [9.17, 15) is 4.39 Å². The first-order chi connectivity index (χ1) is 11.2. The van der Waals surface area contributed by atoms with Crippen LogP contribution in [0.1, 0.15) is 5.56 Å². The standard InChI is InChI=1S/C16H18BrFN4O/c17-13-9-12(1-2-14(13)18)3-4-19-15-10-16(21-11-20-15)22-5-7-23-8-6-22/h1-2,9-11H,3-8H2,(H,19,20,21). The molecule has 0 amide bonds. The molecule has 1 aromatic carbocycles. The van der Waals surface area contributed by atoms with Crippen LogP contribution in [-0.4, -0.2) is 42.8 Å². The maximum Gasteiger partial charge on any atom is 0.137 e. The minimum absolute atomic E-state index is 0.243. The number of anilines is 2. The molecule has 0 unspecified atom stereocenters. The molecule has 0 saturated carbocycles. The first kappa shape index (κ1) is 16.1. The molecular weight excluding hydrogens is 363 g/mol. The first-order valence-corrected chi connectivity index (χ1v) is 8.34. The molecular formula is C16H18BrFN4O. The Bertz CT molecular complexity index is 664. The van der Waals surface area contributed by atoms with Crippen LogP contribution in [0, 0.1) is 5.82 Å². The fourth-order valence-corrected chi connectivity index (χ4v) is 2.87. The highest BCUT2D eigenvalue weighted by Crippen LogP contribution is 2.18. The summed E-state index contributed by atoms with van der Waals surface area (Å²) in [5.74, 6) is 1.46. The summed E-state index contributed by atoms with van der Waals surface area (Å²) in [5.41, 5.74) is 1.06. The van der Waals surface area contributed by atoms with Gasteiger partial charge in [-0.2, -0.15) is 0 Å². The average Bonchev–Trinajstić information content (AvgIpc) is 2.59. The maximum atomic E-state index is 13.2. The summed E-state index contributed by atoms with van der Waals surface area (Å²) in [5, 5.41) is 3.29. The van der Waals surface area contributed by atoms with Gasteiger partial charge >= 0.3 is 0 Å². The normalized spacial score (nSPS) is 14.8. The van der Waals surface area contributed by atoms with Crippen LogP contribution in [0.4, 0.5) is 16.0 Å². The number of aromatic nitrogens is 2. The molecule has 3 rings (SSSR count). The Labute approximate surface area is 143 Å². The molecule has 0 atom stereocenters. The third kappa shape index (κ3) is 4.39. The zero-order valence-corrected chi connectivity index (χ0v) is 14.2. The van der Waals surface area contributed by atoms with E-state index >= 15 is 0 Å². The lowest BCUT2D eigenvalue weighted by Gasteiger charge is -2.27. The van der Waals surface area contributed by atoms with Gasteiger partial charge in [-0.05, 0) is 40.0 Å². The minimum atomic E-state index is -0.243. The summed E-state index contributed by atoms with van der Waals surface area (Å²) in [6.07, 6.45) is 2.36. The van der Waals surface area contributed by atoms with Crippen molar-refractivity contribution in [2.45, 2.75) is 6.42 Å². The molecule has 1 saturated heterocycles. The van der Waals surface area contributed by atoms with Crippen LogP contribution < -0.4 is 10.2 Å². The first-order valence-electron chi connectivity index (χ1n) is 7.55. The van der Waals surface area contributed by atoms with Gasteiger partial charge in [-0.1, -0.05) is 6.07 Å². The number of nitrogens with zero attached hydrogens (tertiary/aromatic N) is 3. The fourth-order valence-electron chi connectivity index (χ4n) is 2.44. The van der Waals surface area contributed by atoms with Crippen LogP contribution >= 0.6 is 15.9 Å². The van der Waals surface area contributed by atoms with E-state index < -0.39 is 0 Å².